The van der Waals surface area contributed by atoms with Crippen molar-refractivity contribution >= 4 is 91.7 Å². The van der Waals surface area contributed by atoms with E-state index in [9.17, 15) is 48.3 Å². The Bertz CT molecular complexity index is 4030. The number of hydrogen-bond donors (Lipinski definition) is 7. The van der Waals surface area contributed by atoms with Crippen molar-refractivity contribution in [1.29, 1.82) is 0 Å². The smallest absolute Gasteiger partial charge is 0.409 e. The first-order valence-corrected chi connectivity index (χ1v) is 35.5. The molecule has 2 aliphatic heterocycles. The third-order valence-electron chi connectivity index (χ3n) is 19.9. The summed E-state index contributed by atoms with van der Waals surface area (Å²) in [5, 5.41) is 29.9. The number of nitrogens with two attached hydrogens (primary N) is 1. The van der Waals surface area contributed by atoms with Crippen LogP contribution < -0.4 is 37.2 Å². The molecule has 4 aliphatic carbocycles. The fourth-order valence-electron chi connectivity index (χ4n) is 15.0. The normalized spacial score (nSPS) is 19.3. The number of fused-ring (bicyclic) bond motifs is 2. The summed E-state index contributed by atoms with van der Waals surface area (Å²) in [7, 11) is 1.61. The number of likely N-dealkylation sites (N-methyl/N-ethyl adjacent to an activating group) is 1. The molecule has 28 heteroatoms. The van der Waals surface area contributed by atoms with E-state index >= 15 is 0 Å². The molecule has 4 saturated carbocycles. The van der Waals surface area contributed by atoms with Crippen molar-refractivity contribution in [3.8, 4) is 11.1 Å². The van der Waals surface area contributed by atoms with Crippen LogP contribution in [0.4, 0.5) is 26.2 Å². The first-order valence-electron chi connectivity index (χ1n) is 34.7. The molecular weight excluding hydrogens is 1310 g/mol. The molecule has 6 aliphatic rings. The first kappa shape index (κ1) is 72.6. The van der Waals surface area contributed by atoms with Gasteiger partial charge in [0.2, 0.25) is 17.7 Å². The molecule has 4 fully saturated rings. The Balaban J connectivity index is 0.577. The van der Waals surface area contributed by atoms with Gasteiger partial charge in [0.05, 0.1) is 55.0 Å². The van der Waals surface area contributed by atoms with Crippen molar-refractivity contribution in [2.24, 2.45) is 28.9 Å². The van der Waals surface area contributed by atoms with Crippen LogP contribution in [0.5, 0.6) is 0 Å². The van der Waals surface area contributed by atoms with E-state index in [2.05, 4.69) is 31.6 Å². The van der Waals surface area contributed by atoms with Crippen molar-refractivity contribution in [2.45, 2.75) is 135 Å². The van der Waals surface area contributed by atoms with E-state index < -0.39 is 42.0 Å². The number of anilines is 3. The molecule has 6 aromatic rings. The van der Waals surface area contributed by atoms with Crippen molar-refractivity contribution in [2.75, 3.05) is 81.8 Å². The molecule has 536 valence electrons. The Kier molecular flexibility index (Phi) is 23.6. The molecule has 27 nitrogen and oxygen atoms in total. The molecule has 8 N–H and O–H groups in total. The zero-order chi connectivity index (χ0) is 71.4. The highest BCUT2D eigenvalue weighted by Gasteiger charge is 2.65. The lowest BCUT2D eigenvalue weighted by molar-refractivity contribution is -0.137. The van der Waals surface area contributed by atoms with Crippen LogP contribution in [0.15, 0.2) is 97.2 Å². The summed E-state index contributed by atoms with van der Waals surface area (Å²) >= 11 is 1.42. The van der Waals surface area contributed by atoms with Crippen LogP contribution in [0.1, 0.15) is 128 Å². The van der Waals surface area contributed by atoms with Gasteiger partial charge in [0.15, 0.2) is 10.8 Å². The zero-order valence-electron chi connectivity index (χ0n) is 57.5. The minimum absolute atomic E-state index is 0.00501. The molecule has 6 atom stereocenters. The summed E-state index contributed by atoms with van der Waals surface area (Å²) in [5.74, 6) is -2.40. The van der Waals surface area contributed by atoms with Crippen molar-refractivity contribution in [3.63, 3.8) is 0 Å². The highest BCUT2D eigenvalue weighted by Crippen LogP contribution is 2.68. The number of nitrogens with zero attached hydrogens (tertiary/aromatic N) is 7. The molecule has 4 bridgehead atoms. The molecular formula is C73H89N13O14S. The molecule has 0 radical (unpaired) electrons. The van der Waals surface area contributed by atoms with E-state index in [-0.39, 0.29) is 91.9 Å². The Morgan fingerprint density at radius 3 is 2.36 bits per heavy atom. The van der Waals surface area contributed by atoms with Gasteiger partial charge in [-0.1, -0.05) is 68.0 Å². The van der Waals surface area contributed by atoms with Gasteiger partial charge in [0.25, 0.3) is 17.7 Å². The molecule has 9 amide bonds. The number of thiazole rings is 1. The van der Waals surface area contributed by atoms with Crippen molar-refractivity contribution in [3.05, 3.63) is 131 Å². The number of amides is 9. The highest BCUT2D eigenvalue weighted by atomic mass is 32.1. The molecule has 0 spiro atoms. The average Bonchev–Trinajstić information content (AvgIpc) is 1.54. The number of urea groups is 1. The number of carbonyl (C=O) groups excluding carboxylic acids is 8. The van der Waals surface area contributed by atoms with Crippen LogP contribution in [0.2, 0.25) is 0 Å². The summed E-state index contributed by atoms with van der Waals surface area (Å²) in [6.07, 6.45) is 11.6. The predicted molar refractivity (Wildman–Crippen MR) is 376 cm³/mol. The lowest BCUT2D eigenvalue weighted by atomic mass is 9.69. The Morgan fingerprint density at radius 1 is 0.822 bits per heavy atom. The van der Waals surface area contributed by atoms with Crippen LogP contribution in [0.25, 0.3) is 21.3 Å². The number of carboxylic acids is 1. The maximum Gasteiger partial charge on any atom is 0.409 e. The largest absolute Gasteiger partial charge is 0.476 e. The van der Waals surface area contributed by atoms with E-state index in [1.54, 1.807) is 51.4 Å². The van der Waals surface area contributed by atoms with Crippen molar-refractivity contribution < 1.29 is 67.2 Å². The number of unbranched alkanes of at least 4 members (excludes halogenated alkanes) is 2. The second kappa shape index (κ2) is 32.8. The maximum absolute atomic E-state index is 13.7. The first-order chi connectivity index (χ1) is 48.6. The van der Waals surface area contributed by atoms with Gasteiger partial charge >= 0.3 is 18.1 Å². The maximum atomic E-state index is 13.7. The van der Waals surface area contributed by atoms with Crippen LogP contribution in [-0.2, 0) is 69.0 Å². The monoisotopic (exact) mass is 1400 g/mol. The molecule has 5 heterocycles. The molecule has 3 aromatic heterocycles. The third kappa shape index (κ3) is 17.9. The van der Waals surface area contributed by atoms with Gasteiger partial charge in [0, 0.05) is 93.0 Å². The fraction of sp³-hybridized carbons (Fsp3) is 0.479. The summed E-state index contributed by atoms with van der Waals surface area (Å²) < 4.78 is 27.1. The lowest BCUT2D eigenvalue weighted by Gasteiger charge is -2.41. The second-order valence-corrected chi connectivity index (χ2v) is 28.4. The van der Waals surface area contributed by atoms with Gasteiger partial charge in [-0.15, -0.1) is 0 Å². The number of aromatic carboxylic acids is 1. The quantitative estimate of drug-likeness (QED) is 0.0146. The molecule has 12 rings (SSSR count). The Hall–Kier alpha value is -9.64. The highest BCUT2D eigenvalue weighted by molar-refractivity contribution is 7.22. The number of benzene rings is 3. The van der Waals surface area contributed by atoms with E-state index in [1.807, 2.05) is 71.1 Å². The Morgan fingerprint density at radius 2 is 1.59 bits per heavy atom. The number of pyridine rings is 1. The van der Waals surface area contributed by atoms with Gasteiger partial charge in [-0.25, -0.2) is 24.4 Å². The molecule has 3 aromatic carbocycles. The number of nitrogens with one attached hydrogen (secondary N) is 5. The summed E-state index contributed by atoms with van der Waals surface area (Å²) in [4.78, 5) is 129. The van der Waals surface area contributed by atoms with Crippen LogP contribution >= 0.6 is 11.3 Å². The van der Waals surface area contributed by atoms with E-state index in [4.69, 9.17) is 34.8 Å². The minimum atomic E-state index is -1.14. The van der Waals surface area contributed by atoms with Crippen LogP contribution in [-0.4, -0.2) is 172 Å². The summed E-state index contributed by atoms with van der Waals surface area (Å²) in [6.45, 7) is 9.63. The number of carboxylic acid groups (broad SMARTS) is 1. The zero-order valence-corrected chi connectivity index (χ0v) is 58.3. The fourth-order valence-corrected chi connectivity index (χ4v) is 15.8. The van der Waals surface area contributed by atoms with E-state index in [0.29, 0.717) is 123 Å². The van der Waals surface area contributed by atoms with Crippen LogP contribution in [0.3, 0.4) is 0 Å². The van der Waals surface area contributed by atoms with Gasteiger partial charge in [0.1, 0.15) is 24.5 Å². The SMILES string of the molecule is Cc1c(-c2ccc(N3CCc4cccc(C(=O)Nc5nc6ccccc6s5)c4C3)nc2C(=O)O)cnn1CC12CC3CC(C1)C(OCCOCCOCCN(C)C(=O)OCc1ccc(NC(=O)[C@H](CCCNC(N)=O)NC(=O)[C@@H](NC(=O)CCCCCN4C(=O)C=CC4=O)C(C)C)cc1)(C3)C2. The number of aromatic nitrogens is 4. The van der Waals surface area contributed by atoms with Crippen molar-refractivity contribution in [1.82, 2.24) is 45.5 Å². The number of carbonyl (C=O) groups is 9. The summed E-state index contributed by atoms with van der Waals surface area (Å²) in [5.41, 5.74) is 11.4. The van der Waals surface area contributed by atoms with E-state index in [0.717, 1.165) is 69.6 Å². The van der Waals surface area contributed by atoms with Gasteiger partial charge < -0.3 is 60.9 Å². The number of imide groups is 1. The second-order valence-electron chi connectivity index (χ2n) is 27.4. The topological polar surface area (TPSA) is 350 Å². The standard InChI is InChI=1S/C73H89N13O14S/c1-45(2)63(81-60(87)17-6-5-9-28-85-61(88)24-25-62(85)89)67(92)78-57(15-11-27-75-69(74)95)66(91)77-51-20-18-47(19-21-51)42-99-71(96)83(4)30-31-97-32-33-98-34-35-100-73-38-48-36-50(73)39-72(37-48,43-73)44-86-46(3)54(40-76-86)52-22-23-59(80-64(52)68(93)94)84-29-26-49-12-10-13-53(55(49)41-84)65(90)82-70-79-56-14-7-8-16-58(56)101-70/h7-8,10,12-14,16,18-25,40,45,48,50,57,63H,5-6,9,11,15,17,26-39,41-44H2,1-4H3,(H,77,91)(H,78,92)(H,81,87)(H,93,94)(H3,74,75,95)(H,79,82,90)/t48?,50?,57-,63-,72?,73?/m0/s1. The minimum Gasteiger partial charge on any atom is -0.476 e. The molecule has 4 unspecified atom stereocenters. The van der Waals surface area contributed by atoms with E-state index in [1.165, 1.54) is 28.4 Å². The third-order valence-corrected chi connectivity index (χ3v) is 20.9. The number of hydrogen-bond acceptors (Lipinski definition) is 18. The lowest BCUT2D eigenvalue weighted by Crippen LogP contribution is -2.54. The predicted octanol–water partition coefficient (Wildman–Crippen LogP) is 8.14. The van der Waals surface area contributed by atoms with Gasteiger partial charge in [-0.05, 0) is 153 Å². The average molecular weight is 1400 g/mol. The molecule has 0 saturated heterocycles. The number of para-hydroxylation sites is 1. The van der Waals surface area contributed by atoms with Crippen LogP contribution in [0, 0.1) is 30.1 Å². The number of rotatable bonds is 35. The Labute approximate surface area is 589 Å². The molecule has 101 heavy (non-hydrogen) atoms. The number of ether oxygens (including phenoxy) is 4. The van der Waals surface area contributed by atoms with Gasteiger partial charge in [-0.2, -0.15) is 5.10 Å². The summed E-state index contributed by atoms with van der Waals surface area (Å²) in [6, 6.07) is 21.1. The number of primary amides is 1. The van der Waals surface area contributed by atoms with Gasteiger partial charge in [-0.3, -0.25) is 43.7 Å².